The van der Waals surface area contributed by atoms with E-state index in [4.69, 9.17) is 30.5 Å². The van der Waals surface area contributed by atoms with E-state index < -0.39 is 28.7 Å². The molecule has 0 spiro atoms. The zero-order valence-corrected chi connectivity index (χ0v) is 21.2. The van der Waals surface area contributed by atoms with Crippen LogP contribution in [0.3, 0.4) is 0 Å². The van der Waals surface area contributed by atoms with Crippen LogP contribution in [0.5, 0.6) is 34.6 Å². The second-order valence-electron chi connectivity index (χ2n) is 8.09. The number of rotatable bonds is 9. The summed E-state index contributed by atoms with van der Waals surface area (Å²) >= 11 is 5.86. The van der Waals surface area contributed by atoms with Gasteiger partial charge in [-0.2, -0.15) is 13.2 Å². The summed E-state index contributed by atoms with van der Waals surface area (Å²) in [6.07, 6.45) is -4.96. The average molecular weight is 575 g/mol. The van der Waals surface area contributed by atoms with E-state index in [0.717, 1.165) is 0 Å². The molecule has 13 heteroatoms. The molecule has 0 bridgehead atoms. The lowest BCUT2D eigenvalue weighted by Crippen LogP contribution is -2.28. The van der Waals surface area contributed by atoms with Crippen molar-refractivity contribution >= 4 is 23.3 Å². The van der Waals surface area contributed by atoms with E-state index in [-0.39, 0.29) is 28.1 Å². The number of hydrogen-bond acceptors (Lipinski definition) is 8. The van der Waals surface area contributed by atoms with Gasteiger partial charge in [0.1, 0.15) is 33.8 Å². The van der Waals surface area contributed by atoms with Crippen LogP contribution < -0.4 is 18.9 Å². The van der Waals surface area contributed by atoms with Crippen LogP contribution in [-0.4, -0.2) is 22.0 Å². The molecule has 0 aliphatic heterocycles. The number of benzene rings is 3. The Hall–Kier alpha value is -4.84. The number of alkyl halides is 3. The van der Waals surface area contributed by atoms with E-state index in [1.807, 2.05) is 0 Å². The van der Waals surface area contributed by atoms with Crippen LogP contribution in [0.2, 0.25) is 5.02 Å². The number of hydrogen-bond donors (Lipinski definition) is 0. The first-order valence-corrected chi connectivity index (χ1v) is 11.8. The van der Waals surface area contributed by atoms with Gasteiger partial charge in [0, 0.05) is 18.3 Å². The Kier molecular flexibility index (Phi) is 8.39. The Morgan fingerprint density at radius 2 is 1.38 bits per heavy atom. The molecule has 1 aromatic heterocycles. The van der Waals surface area contributed by atoms with Crippen LogP contribution in [0.25, 0.3) is 0 Å². The fraction of sp³-hybridized carbons (Fsp3) is 0.111. The topological polar surface area (TPSA) is 110 Å². The molecule has 1 atom stereocenters. The summed E-state index contributed by atoms with van der Waals surface area (Å²) < 4.78 is 60.3. The molecule has 9 nitrogen and oxygen atoms in total. The Morgan fingerprint density at radius 1 is 0.875 bits per heavy atom. The molecule has 3 aromatic carbocycles. The maximum Gasteiger partial charge on any atom is 0.417 e. The number of nitro benzene ring substituents is 1. The molecule has 0 amide bonds. The molecule has 206 valence electrons. The lowest BCUT2D eigenvalue weighted by atomic mass is 10.3. The number of aromatic nitrogens is 1. The van der Waals surface area contributed by atoms with E-state index in [2.05, 4.69) is 4.98 Å². The molecule has 0 N–H and O–H groups in total. The molecule has 4 aromatic rings. The van der Waals surface area contributed by atoms with Crippen LogP contribution in [0, 0.1) is 10.1 Å². The zero-order valence-electron chi connectivity index (χ0n) is 20.4. The number of esters is 1. The van der Waals surface area contributed by atoms with Gasteiger partial charge < -0.3 is 18.9 Å². The highest BCUT2D eigenvalue weighted by Gasteiger charge is 2.31. The van der Waals surface area contributed by atoms with Crippen LogP contribution in [-0.2, 0) is 11.0 Å². The first-order valence-electron chi connectivity index (χ1n) is 11.4. The van der Waals surface area contributed by atoms with Gasteiger partial charge in [0.15, 0.2) is 6.10 Å². The first-order chi connectivity index (χ1) is 19.0. The van der Waals surface area contributed by atoms with Gasteiger partial charge in [-0.15, -0.1) is 0 Å². The molecule has 4 rings (SSSR count). The van der Waals surface area contributed by atoms with Crippen LogP contribution in [0.15, 0.2) is 85.1 Å². The maximum absolute atomic E-state index is 12.8. The molecule has 0 radical (unpaired) electrons. The summed E-state index contributed by atoms with van der Waals surface area (Å²) in [5, 5.41) is 10.4. The predicted molar refractivity (Wildman–Crippen MR) is 136 cm³/mol. The van der Waals surface area contributed by atoms with Crippen molar-refractivity contribution in [2.24, 2.45) is 0 Å². The number of non-ortho nitro benzene ring substituents is 1. The fourth-order valence-electron chi connectivity index (χ4n) is 3.15. The third-order valence-corrected chi connectivity index (χ3v) is 5.41. The average Bonchev–Trinajstić information content (AvgIpc) is 2.91. The quantitative estimate of drug-likeness (QED) is 0.0869. The van der Waals surface area contributed by atoms with Gasteiger partial charge >= 0.3 is 12.1 Å². The molecule has 0 aliphatic rings. The van der Waals surface area contributed by atoms with Crippen LogP contribution in [0.4, 0.5) is 18.9 Å². The summed E-state index contributed by atoms with van der Waals surface area (Å²) in [6.45, 7) is 1.49. The first kappa shape index (κ1) is 28.2. The molecular formula is C27H18ClF3N2O7. The summed E-state index contributed by atoms with van der Waals surface area (Å²) in [5.41, 5.74) is -1.06. The van der Waals surface area contributed by atoms with Crippen molar-refractivity contribution in [3.05, 3.63) is 106 Å². The Bertz CT molecular complexity index is 1500. The van der Waals surface area contributed by atoms with E-state index in [1.54, 1.807) is 12.1 Å². The van der Waals surface area contributed by atoms with Gasteiger partial charge in [-0.25, -0.2) is 9.78 Å². The highest BCUT2D eigenvalue weighted by molar-refractivity contribution is 6.31. The normalized spacial score (nSPS) is 11.8. The summed E-state index contributed by atoms with van der Waals surface area (Å²) in [6, 6.07) is 18.3. The monoisotopic (exact) mass is 574 g/mol. The Balaban J connectivity index is 1.29. The van der Waals surface area contributed by atoms with Crippen molar-refractivity contribution in [1.29, 1.82) is 0 Å². The summed E-state index contributed by atoms with van der Waals surface area (Å²) in [7, 11) is 0. The van der Waals surface area contributed by atoms with Crippen molar-refractivity contribution in [2.45, 2.75) is 19.2 Å². The van der Waals surface area contributed by atoms with Crippen LogP contribution in [0.1, 0.15) is 12.5 Å². The van der Waals surface area contributed by atoms with Gasteiger partial charge in [-0.05, 0) is 73.7 Å². The Labute approximate surface area is 229 Å². The molecule has 0 aliphatic carbocycles. The summed E-state index contributed by atoms with van der Waals surface area (Å²) in [4.78, 5) is 26.3. The minimum absolute atomic E-state index is 0.0596. The number of pyridine rings is 1. The Morgan fingerprint density at radius 3 is 1.90 bits per heavy atom. The van der Waals surface area contributed by atoms with E-state index in [9.17, 15) is 28.1 Å². The lowest BCUT2D eigenvalue weighted by molar-refractivity contribution is -0.384. The number of nitro groups is 1. The largest absolute Gasteiger partial charge is 0.479 e. The molecule has 40 heavy (non-hydrogen) atoms. The minimum Gasteiger partial charge on any atom is -0.479 e. The molecule has 0 saturated carbocycles. The third-order valence-electron chi connectivity index (χ3n) is 5.14. The van der Waals surface area contributed by atoms with Crippen molar-refractivity contribution < 1.29 is 41.8 Å². The van der Waals surface area contributed by atoms with E-state index >= 15 is 0 Å². The van der Waals surface area contributed by atoms with Gasteiger partial charge in [-0.1, -0.05) is 11.6 Å². The van der Waals surface area contributed by atoms with Crippen molar-refractivity contribution in [3.63, 3.8) is 0 Å². The lowest BCUT2D eigenvalue weighted by Gasteiger charge is -2.15. The fourth-order valence-corrected chi connectivity index (χ4v) is 3.36. The van der Waals surface area contributed by atoms with E-state index in [1.165, 1.54) is 67.6 Å². The second kappa shape index (κ2) is 11.9. The second-order valence-corrected chi connectivity index (χ2v) is 8.50. The number of nitrogens with zero attached hydrogens (tertiary/aromatic N) is 2. The number of carbonyl (C=O) groups excluding carboxylic acids is 1. The zero-order chi connectivity index (χ0) is 28.9. The molecule has 1 unspecified atom stereocenters. The van der Waals surface area contributed by atoms with Crippen molar-refractivity contribution in [1.82, 2.24) is 4.98 Å². The predicted octanol–water partition coefficient (Wildman–Crippen LogP) is 7.62. The molecule has 0 saturated heterocycles. The van der Waals surface area contributed by atoms with Gasteiger partial charge in [-0.3, -0.25) is 10.1 Å². The SMILES string of the molecule is CC(Oc1ccc(Oc2ncc(C(F)(F)F)cc2Cl)cc1)C(=O)Oc1ccc(Oc2ccc([N+](=O)[O-])cc2)cc1. The molecular weight excluding hydrogens is 557 g/mol. The molecule has 0 fully saturated rings. The number of carbonyl (C=O) groups is 1. The maximum atomic E-state index is 12.8. The number of ether oxygens (including phenoxy) is 4. The molecule has 1 heterocycles. The summed E-state index contributed by atoms with van der Waals surface area (Å²) in [5.74, 6) is 0.708. The highest BCUT2D eigenvalue weighted by Crippen LogP contribution is 2.35. The third kappa shape index (κ3) is 7.38. The van der Waals surface area contributed by atoms with Gasteiger partial charge in [0.05, 0.1) is 10.5 Å². The van der Waals surface area contributed by atoms with Crippen LogP contribution >= 0.6 is 11.6 Å². The highest BCUT2D eigenvalue weighted by atomic mass is 35.5. The smallest absolute Gasteiger partial charge is 0.417 e. The van der Waals surface area contributed by atoms with Crippen molar-refractivity contribution in [2.75, 3.05) is 0 Å². The van der Waals surface area contributed by atoms with E-state index in [0.29, 0.717) is 29.5 Å². The standard InChI is InChI=1S/C27H18ClF3N2O7/c1-16(26(34)40-23-12-8-21(9-13-23)38-20-4-2-18(3-5-20)33(35)36)37-19-6-10-22(11-7-19)39-25-24(28)14-17(15-32-25)27(29,30)31/h2-16H,1H3. The van der Waals surface area contributed by atoms with Gasteiger partial charge in [0.25, 0.3) is 5.69 Å². The minimum atomic E-state index is -4.58. The van der Waals surface area contributed by atoms with Crippen molar-refractivity contribution in [3.8, 4) is 34.6 Å². The van der Waals surface area contributed by atoms with Gasteiger partial charge in [0.2, 0.25) is 5.88 Å². The number of halogens is 4.